The molecule has 2 rings (SSSR count). The Kier molecular flexibility index (Phi) is 4.55. The summed E-state index contributed by atoms with van der Waals surface area (Å²) < 4.78 is 0.636. The highest BCUT2D eigenvalue weighted by atomic mass is 79.9. The molecule has 0 aliphatic rings. The number of anilines is 1. The van der Waals surface area contributed by atoms with Crippen molar-refractivity contribution in [3.8, 4) is 6.07 Å². The van der Waals surface area contributed by atoms with Crippen molar-refractivity contribution in [2.45, 2.75) is 13.0 Å². The molecule has 0 heterocycles. The van der Waals surface area contributed by atoms with Gasteiger partial charge < -0.3 is 5.32 Å². The molecule has 1 N–H and O–H groups in total. The molecule has 21 heavy (non-hydrogen) atoms. The third-order valence-electron chi connectivity index (χ3n) is 3.08. The van der Waals surface area contributed by atoms with Crippen molar-refractivity contribution in [2.75, 3.05) is 5.32 Å². The molecule has 0 saturated carbocycles. The Morgan fingerprint density at radius 3 is 2.48 bits per heavy atom. The van der Waals surface area contributed by atoms with Crippen LogP contribution in [0.3, 0.4) is 0 Å². The molecule has 2 aromatic rings. The fraction of sp³-hybridized carbons (Fsp3) is 0.133. The molecule has 0 aliphatic carbocycles. The second kappa shape index (κ2) is 6.37. The molecule has 0 amide bonds. The molecule has 1 atom stereocenters. The van der Waals surface area contributed by atoms with Crippen LogP contribution in [0, 0.1) is 21.4 Å². The molecule has 0 aromatic heterocycles. The SMILES string of the molecule is CC(Nc1ccc([N+](=O)[O-])cc1Br)c1ccc(C#N)cc1. The first-order valence-corrected chi connectivity index (χ1v) is 7.01. The van der Waals surface area contributed by atoms with E-state index in [0.29, 0.717) is 10.0 Å². The van der Waals surface area contributed by atoms with Gasteiger partial charge in [-0.2, -0.15) is 5.26 Å². The summed E-state index contributed by atoms with van der Waals surface area (Å²) >= 11 is 3.33. The van der Waals surface area contributed by atoms with Gasteiger partial charge in [-0.25, -0.2) is 0 Å². The number of hydrogen-bond acceptors (Lipinski definition) is 4. The maximum absolute atomic E-state index is 10.7. The Morgan fingerprint density at radius 2 is 1.95 bits per heavy atom. The lowest BCUT2D eigenvalue weighted by atomic mass is 10.1. The zero-order valence-corrected chi connectivity index (χ0v) is 12.8. The van der Waals surface area contributed by atoms with E-state index in [9.17, 15) is 10.1 Å². The van der Waals surface area contributed by atoms with Crippen LogP contribution in [0.25, 0.3) is 0 Å². The number of non-ortho nitro benzene ring substituents is 1. The second-order valence-corrected chi connectivity index (χ2v) is 5.38. The zero-order chi connectivity index (χ0) is 15.4. The Morgan fingerprint density at radius 1 is 1.29 bits per heavy atom. The number of nitro groups is 1. The number of rotatable bonds is 4. The predicted octanol–water partition coefficient (Wildman–Crippen LogP) is 4.40. The fourth-order valence-corrected chi connectivity index (χ4v) is 2.38. The molecule has 0 spiro atoms. The van der Waals surface area contributed by atoms with Crippen LogP contribution in [-0.4, -0.2) is 4.92 Å². The zero-order valence-electron chi connectivity index (χ0n) is 11.2. The van der Waals surface area contributed by atoms with E-state index >= 15 is 0 Å². The number of hydrogen-bond donors (Lipinski definition) is 1. The molecule has 1 unspecified atom stereocenters. The third kappa shape index (κ3) is 3.58. The van der Waals surface area contributed by atoms with Gasteiger partial charge in [0.25, 0.3) is 5.69 Å². The average molecular weight is 346 g/mol. The van der Waals surface area contributed by atoms with E-state index in [1.54, 1.807) is 18.2 Å². The van der Waals surface area contributed by atoms with Gasteiger partial charge in [-0.05, 0) is 46.6 Å². The van der Waals surface area contributed by atoms with Gasteiger partial charge in [0.2, 0.25) is 0 Å². The molecule has 0 radical (unpaired) electrons. The van der Waals surface area contributed by atoms with Crippen molar-refractivity contribution in [3.05, 3.63) is 68.2 Å². The first kappa shape index (κ1) is 15.0. The Hall–Kier alpha value is -2.39. The standard InChI is InChI=1S/C15H12BrN3O2/c1-10(12-4-2-11(9-17)3-5-12)18-15-7-6-13(19(20)21)8-14(15)16/h2-8,10,18H,1H3. The molecule has 0 saturated heterocycles. The fourth-order valence-electron chi connectivity index (χ4n) is 1.90. The summed E-state index contributed by atoms with van der Waals surface area (Å²) in [4.78, 5) is 10.3. The average Bonchev–Trinajstić information content (AvgIpc) is 2.49. The van der Waals surface area contributed by atoms with Crippen LogP contribution in [0.4, 0.5) is 11.4 Å². The maximum Gasteiger partial charge on any atom is 0.270 e. The second-order valence-electron chi connectivity index (χ2n) is 4.52. The lowest BCUT2D eigenvalue weighted by Gasteiger charge is -2.16. The minimum Gasteiger partial charge on any atom is -0.378 e. The van der Waals surface area contributed by atoms with Crippen LogP contribution in [0.1, 0.15) is 24.1 Å². The van der Waals surface area contributed by atoms with Crippen LogP contribution in [0.15, 0.2) is 46.9 Å². The summed E-state index contributed by atoms with van der Waals surface area (Å²) in [6.45, 7) is 1.98. The Bertz CT molecular complexity index is 708. The van der Waals surface area contributed by atoms with E-state index in [1.807, 2.05) is 19.1 Å². The smallest absolute Gasteiger partial charge is 0.270 e. The van der Waals surface area contributed by atoms with E-state index in [0.717, 1.165) is 11.3 Å². The first-order valence-electron chi connectivity index (χ1n) is 6.22. The van der Waals surface area contributed by atoms with Crippen molar-refractivity contribution in [1.29, 1.82) is 5.26 Å². The van der Waals surface area contributed by atoms with E-state index < -0.39 is 4.92 Å². The summed E-state index contributed by atoms with van der Waals surface area (Å²) in [6, 6.07) is 14.0. The quantitative estimate of drug-likeness (QED) is 0.657. The molecular formula is C15H12BrN3O2. The number of halogens is 1. The lowest BCUT2D eigenvalue weighted by molar-refractivity contribution is -0.384. The highest BCUT2D eigenvalue weighted by Gasteiger charge is 2.11. The van der Waals surface area contributed by atoms with Gasteiger partial charge >= 0.3 is 0 Å². The molecule has 5 nitrogen and oxygen atoms in total. The number of benzene rings is 2. The molecular weight excluding hydrogens is 334 g/mol. The van der Waals surface area contributed by atoms with E-state index in [4.69, 9.17) is 5.26 Å². The maximum atomic E-state index is 10.7. The highest BCUT2D eigenvalue weighted by molar-refractivity contribution is 9.10. The Balaban J connectivity index is 2.17. The van der Waals surface area contributed by atoms with Gasteiger partial charge in [-0.15, -0.1) is 0 Å². The molecule has 6 heteroatoms. The molecule has 2 aromatic carbocycles. The minimum atomic E-state index is -0.432. The number of nitriles is 1. The van der Waals surface area contributed by atoms with Crippen LogP contribution in [0.2, 0.25) is 0 Å². The highest BCUT2D eigenvalue weighted by Crippen LogP contribution is 2.30. The number of nitrogens with zero attached hydrogens (tertiary/aromatic N) is 2. The summed E-state index contributed by atoms with van der Waals surface area (Å²) in [5, 5.41) is 22.8. The summed E-state index contributed by atoms with van der Waals surface area (Å²) in [5.74, 6) is 0. The van der Waals surface area contributed by atoms with E-state index in [-0.39, 0.29) is 11.7 Å². The monoisotopic (exact) mass is 345 g/mol. The molecule has 0 bridgehead atoms. The lowest BCUT2D eigenvalue weighted by Crippen LogP contribution is -2.07. The van der Waals surface area contributed by atoms with Crippen LogP contribution in [-0.2, 0) is 0 Å². The van der Waals surface area contributed by atoms with Gasteiger partial charge in [-0.1, -0.05) is 12.1 Å². The minimum absolute atomic E-state index is 0.00972. The van der Waals surface area contributed by atoms with Crippen molar-refractivity contribution in [1.82, 2.24) is 0 Å². The largest absolute Gasteiger partial charge is 0.378 e. The first-order chi connectivity index (χ1) is 10.0. The summed E-state index contributed by atoms with van der Waals surface area (Å²) in [6.07, 6.45) is 0. The van der Waals surface area contributed by atoms with Gasteiger partial charge in [0.15, 0.2) is 0 Å². The Labute approximate surface area is 130 Å². The molecule has 0 fully saturated rings. The van der Waals surface area contributed by atoms with Crippen LogP contribution >= 0.6 is 15.9 Å². The van der Waals surface area contributed by atoms with Crippen LogP contribution in [0.5, 0.6) is 0 Å². The van der Waals surface area contributed by atoms with Gasteiger partial charge in [0, 0.05) is 28.3 Å². The van der Waals surface area contributed by atoms with Crippen molar-refractivity contribution < 1.29 is 4.92 Å². The molecule has 0 aliphatic heterocycles. The van der Waals surface area contributed by atoms with Crippen molar-refractivity contribution in [3.63, 3.8) is 0 Å². The van der Waals surface area contributed by atoms with E-state index in [1.165, 1.54) is 12.1 Å². The van der Waals surface area contributed by atoms with Crippen molar-refractivity contribution in [2.24, 2.45) is 0 Å². The number of nitro benzene ring substituents is 1. The normalized spacial score (nSPS) is 11.5. The van der Waals surface area contributed by atoms with Gasteiger partial charge in [0.1, 0.15) is 0 Å². The summed E-state index contributed by atoms with van der Waals surface area (Å²) in [7, 11) is 0. The van der Waals surface area contributed by atoms with Crippen LogP contribution < -0.4 is 5.32 Å². The number of nitrogens with one attached hydrogen (secondary N) is 1. The van der Waals surface area contributed by atoms with Gasteiger partial charge in [0.05, 0.1) is 16.6 Å². The molecule has 106 valence electrons. The van der Waals surface area contributed by atoms with E-state index in [2.05, 4.69) is 27.3 Å². The topological polar surface area (TPSA) is 79.0 Å². The third-order valence-corrected chi connectivity index (χ3v) is 3.73. The van der Waals surface area contributed by atoms with Gasteiger partial charge in [-0.3, -0.25) is 10.1 Å². The van der Waals surface area contributed by atoms with Crippen molar-refractivity contribution >= 4 is 27.3 Å². The predicted molar refractivity (Wildman–Crippen MR) is 84.0 cm³/mol. The summed E-state index contributed by atoms with van der Waals surface area (Å²) in [5.41, 5.74) is 2.46.